The van der Waals surface area contributed by atoms with Crippen molar-refractivity contribution in [3.63, 3.8) is 0 Å². The summed E-state index contributed by atoms with van der Waals surface area (Å²) in [5, 5.41) is 8.55. The molecule has 2 aromatic rings. The summed E-state index contributed by atoms with van der Waals surface area (Å²) >= 11 is 6.09. The van der Waals surface area contributed by atoms with Gasteiger partial charge in [-0.15, -0.1) is 0 Å². The molecule has 0 saturated heterocycles. The molecule has 74 valence electrons. The number of nitrogens with one attached hydrogen (secondary N) is 1. The lowest BCUT2D eigenvalue weighted by Gasteiger charge is -2.09. The van der Waals surface area contributed by atoms with Gasteiger partial charge in [-0.2, -0.15) is 5.10 Å². The van der Waals surface area contributed by atoms with Gasteiger partial charge in [0.25, 0.3) is 0 Å². The SMILES string of the molecule is CC(CN)c1cc(Cl)c2[nH]ncc2c1. The zero-order valence-corrected chi connectivity index (χ0v) is 8.67. The van der Waals surface area contributed by atoms with Gasteiger partial charge in [-0.1, -0.05) is 18.5 Å². The molecule has 14 heavy (non-hydrogen) atoms. The summed E-state index contributed by atoms with van der Waals surface area (Å²) in [6.07, 6.45) is 1.77. The predicted octanol–water partition coefficient (Wildman–Crippen LogP) is 2.28. The zero-order chi connectivity index (χ0) is 10.1. The lowest BCUT2D eigenvalue weighted by atomic mass is 10.0. The fourth-order valence-electron chi connectivity index (χ4n) is 1.46. The normalized spacial score (nSPS) is 13.4. The number of halogens is 1. The highest BCUT2D eigenvalue weighted by atomic mass is 35.5. The van der Waals surface area contributed by atoms with Gasteiger partial charge in [0, 0.05) is 5.39 Å². The first-order chi connectivity index (χ1) is 6.72. The number of benzene rings is 1. The van der Waals surface area contributed by atoms with E-state index in [2.05, 4.69) is 23.2 Å². The minimum Gasteiger partial charge on any atom is -0.330 e. The second-order valence-corrected chi connectivity index (χ2v) is 3.88. The molecule has 1 unspecified atom stereocenters. The first kappa shape index (κ1) is 9.49. The standard InChI is InChI=1S/C10H12ClN3/c1-6(4-12)7-2-8-5-13-14-10(8)9(11)3-7/h2-3,5-6H,4,12H2,1H3,(H,13,14). The molecule has 1 heterocycles. The molecule has 3 N–H and O–H groups in total. The summed E-state index contributed by atoms with van der Waals surface area (Å²) in [6.45, 7) is 2.71. The van der Waals surface area contributed by atoms with Gasteiger partial charge in [-0.3, -0.25) is 5.10 Å². The number of rotatable bonds is 2. The second-order valence-electron chi connectivity index (χ2n) is 3.47. The Morgan fingerprint density at radius 3 is 3.07 bits per heavy atom. The third-order valence-corrected chi connectivity index (χ3v) is 2.74. The van der Waals surface area contributed by atoms with Crippen molar-refractivity contribution in [2.24, 2.45) is 5.73 Å². The number of nitrogens with two attached hydrogens (primary N) is 1. The molecule has 0 spiro atoms. The van der Waals surface area contributed by atoms with Gasteiger partial charge in [0.05, 0.1) is 16.7 Å². The molecular weight excluding hydrogens is 198 g/mol. The predicted molar refractivity (Wildman–Crippen MR) is 58.6 cm³/mol. The topological polar surface area (TPSA) is 54.7 Å². The summed E-state index contributed by atoms with van der Waals surface area (Å²) in [6, 6.07) is 4.02. The Bertz CT molecular complexity index is 450. The van der Waals surface area contributed by atoms with Crippen LogP contribution in [0.1, 0.15) is 18.4 Å². The van der Waals surface area contributed by atoms with Gasteiger partial charge >= 0.3 is 0 Å². The van der Waals surface area contributed by atoms with Crippen LogP contribution in [0.4, 0.5) is 0 Å². The number of aromatic nitrogens is 2. The molecule has 0 amide bonds. The molecule has 4 heteroatoms. The Balaban J connectivity index is 2.58. The molecule has 0 fully saturated rings. The van der Waals surface area contributed by atoms with Crippen LogP contribution in [-0.2, 0) is 0 Å². The van der Waals surface area contributed by atoms with Crippen molar-refractivity contribution in [3.05, 3.63) is 28.9 Å². The van der Waals surface area contributed by atoms with Crippen molar-refractivity contribution in [1.82, 2.24) is 10.2 Å². The summed E-state index contributed by atoms with van der Waals surface area (Å²) in [5.41, 5.74) is 7.65. The monoisotopic (exact) mass is 209 g/mol. The lowest BCUT2D eigenvalue weighted by Crippen LogP contribution is -2.08. The summed E-state index contributed by atoms with van der Waals surface area (Å²) in [4.78, 5) is 0. The zero-order valence-electron chi connectivity index (χ0n) is 7.92. The molecule has 0 aliphatic heterocycles. The van der Waals surface area contributed by atoms with Crippen molar-refractivity contribution >= 4 is 22.5 Å². The van der Waals surface area contributed by atoms with Crippen LogP contribution in [0, 0.1) is 0 Å². The Labute approximate surface area is 87.2 Å². The van der Waals surface area contributed by atoms with Crippen LogP contribution in [0.2, 0.25) is 5.02 Å². The number of H-pyrrole nitrogens is 1. The van der Waals surface area contributed by atoms with E-state index in [1.54, 1.807) is 6.20 Å². The first-order valence-electron chi connectivity index (χ1n) is 4.55. The first-order valence-corrected chi connectivity index (χ1v) is 4.92. The number of aromatic amines is 1. The van der Waals surface area contributed by atoms with Crippen LogP contribution in [0.3, 0.4) is 0 Å². The van der Waals surface area contributed by atoms with Crippen molar-refractivity contribution in [1.29, 1.82) is 0 Å². The van der Waals surface area contributed by atoms with Gasteiger partial charge in [-0.25, -0.2) is 0 Å². The molecule has 1 aromatic heterocycles. The number of fused-ring (bicyclic) bond motifs is 1. The van der Waals surface area contributed by atoms with E-state index in [-0.39, 0.29) is 0 Å². The van der Waals surface area contributed by atoms with Crippen molar-refractivity contribution in [2.75, 3.05) is 6.54 Å². The summed E-state index contributed by atoms with van der Waals surface area (Å²) < 4.78 is 0. The highest BCUT2D eigenvalue weighted by Crippen LogP contribution is 2.26. The quantitative estimate of drug-likeness (QED) is 0.798. The van der Waals surface area contributed by atoms with E-state index < -0.39 is 0 Å². The fourth-order valence-corrected chi connectivity index (χ4v) is 1.73. The van der Waals surface area contributed by atoms with Gasteiger partial charge in [0.1, 0.15) is 0 Å². The van der Waals surface area contributed by atoms with E-state index in [1.807, 2.05) is 6.07 Å². The van der Waals surface area contributed by atoms with Crippen molar-refractivity contribution in [3.8, 4) is 0 Å². The van der Waals surface area contributed by atoms with Crippen LogP contribution in [-0.4, -0.2) is 16.7 Å². The van der Waals surface area contributed by atoms with Crippen LogP contribution >= 0.6 is 11.6 Å². The van der Waals surface area contributed by atoms with E-state index in [0.29, 0.717) is 17.5 Å². The van der Waals surface area contributed by atoms with Crippen LogP contribution < -0.4 is 5.73 Å². The summed E-state index contributed by atoms with van der Waals surface area (Å²) in [5.74, 6) is 0.326. The van der Waals surface area contributed by atoms with Crippen molar-refractivity contribution < 1.29 is 0 Å². The van der Waals surface area contributed by atoms with Crippen molar-refractivity contribution in [2.45, 2.75) is 12.8 Å². The highest BCUT2D eigenvalue weighted by molar-refractivity contribution is 6.35. The van der Waals surface area contributed by atoms with E-state index in [0.717, 1.165) is 16.5 Å². The average Bonchev–Trinajstić information content (AvgIpc) is 2.64. The minimum atomic E-state index is 0.326. The fraction of sp³-hybridized carbons (Fsp3) is 0.300. The molecular formula is C10H12ClN3. The molecule has 2 rings (SSSR count). The number of nitrogens with zero attached hydrogens (tertiary/aromatic N) is 1. The smallest absolute Gasteiger partial charge is 0.0836 e. The second kappa shape index (κ2) is 3.59. The molecule has 1 aromatic carbocycles. The molecule has 1 atom stereocenters. The Morgan fingerprint density at radius 1 is 1.57 bits per heavy atom. The van der Waals surface area contributed by atoms with Gasteiger partial charge < -0.3 is 5.73 Å². The molecule has 3 nitrogen and oxygen atoms in total. The Kier molecular flexibility index (Phi) is 2.44. The summed E-state index contributed by atoms with van der Waals surface area (Å²) in [7, 11) is 0. The molecule has 0 saturated carbocycles. The number of hydrogen-bond acceptors (Lipinski definition) is 2. The van der Waals surface area contributed by atoms with E-state index >= 15 is 0 Å². The maximum atomic E-state index is 6.09. The van der Waals surface area contributed by atoms with Crippen LogP contribution in [0.25, 0.3) is 10.9 Å². The van der Waals surface area contributed by atoms with Gasteiger partial charge in [0.2, 0.25) is 0 Å². The van der Waals surface area contributed by atoms with E-state index in [9.17, 15) is 0 Å². The van der Waals surface area contributed by atoms with Gasteiger partial charge in [-0.05, 0) is 30.2 Å². The maximum absolute atomic E-state index is 6.09. The molecule has 0 aliphatic carbocycles. The Hall–Kier alpha value is -1.06. The van der Waals surface area contributed by atoms with E-state index in [4.69, 9.17) is 17.3 Å². The third-order valence-electron chi connectivity index (χ3n) is 2.45. The minimum absolute atomic E-state index is 0.326. The van der Waals surface area contributed by atoms with Crippen LogP contribution in [0.5, 0.6) is 0 Å². The number of hydrogen-bond donors (Lipinski definition) is 2. The van der Waals surface area contributed by atoms with E-state index in [1.165, 1.54) is 0 Å². The molecule has 0 radical (unpaired) electrons. The molecule has 0 bridgehead atoms. The van der Waals surface area contributed by atoms with Gasteiger partial charge in [0.15, 0.2) is 0 Å². The average molecular weight is 210 g/mol. The largest absolute Gasteiger partial charge is 0.330 e. The maximum Gasteiger partial charge on any atom is 0.0836 e. The van der Waals surface area contributed by atoms with Crippen LogP contribution in [0.15, 0.2) is 18.3 Å². The highest BCUT2D eigenvalue weighted by Gasteiger charge is 2.08. The third kappa shape index (κ3) is 1.49. The lowest BCUT2D eigenvalue weighted by molar-refractivity contribution is 0.775. The molecule has 0 aliphatic rings. The Morgan fingerprint density at radius 2 is 2.36 bits per heavy atom.